The van der Waals surface area contributed by atoms with E-state index in [4.69, 9.17) is 0 Å². The number of phenolic OH excluding ortho intramolecular Hbond substituents is 1. The van der Waals surface area contributed by atoms with E-state index in [0.29, 0.717) is 0 Å². The quantitative estimate of drug-likeness (QED) is 0.767. The number of phenols is 1. The molecule has 3 nitrogen and oxygen atoms in total. The first kappa shape index (κ1) is 13.4. The van der Waals surface area contributed by atoms with Crippen LogP contribution in [0.1, 0.15) is 11.1 Å². The van der Waals surface area contributed by atoms with Gasteiger partial charge in [-0.1, -0.05) is 41.5 Å². The van der Waals surface area contributed by atoms with Gasteiger partial charge in [-0.25, -0.2) is 0 Å². The van der Waals surface area contributed by atoms with E-state index < -0.39 is 0 Å². The molecule has 0 spiro atoms. The van der Waals surface area contributed by atoms with Gasteiger partial charge >= 0.3 is 0 Å². The van der Waals surface area contributed by atoms with Crippen molar-refractivity contribution in [3.05, 3.63) is 59.8 Å². The van der Waals surface area contributed by atoms with Gasteiger partial charge in [-0.15, -0.1) is 0 Å². The summed E-state index contributed by atoms with van der Waals surface area (Å²) in [4.78, 5) is 0. The molecule has 0 aliphatic heterocycles. The van der Waals surface area contributed by atoms with Crippen molar-refractivity contribution in [1.82, 2.24) is 9.78 Å². The molecule has 3 aromatic rings. The zero-order valence-corrected chi connectivity index (χ0v) is 12.5. The van der Waals surface area contributed by atoms with Gasteiger partial charge in [-0.3, -0.25) is 4.68 Å². The molecule has 0 amide bonds. The highest BCUT2D eigenvalue weighted by atomic mass is 16.3. The van der Waals surface area contributed by atoms with Crippen LogP contribution in [0, 0.1) is 13.8 Å². The summed E-state index contributed by atoms with van der Waals surface area (Å²) in [5.74, 6) is 0.257. The minimum Gasteiger partial charge on any atom is -0.507 e. The third-order valence-corrected chi connectivity index (χ3v) is 3.60. The summed E-state index contributed by atoms with van der Waals surface area (Å²) in [6.07, 6.45) is 1.99. The average molecular weight is 278 g/mol. The van der Waals surface area contributed by atoms with E-state index in [2.05, 4.69) is 36.3 Å². The number of rotatable bonds is 2. The van der Waals surface area contributed by atoms with Gasteiger partial charge in [-0.2, -0.15) is 5.10 Å². The monoisotopic (exact) mass is 278 g/mol. The number of aromatic hydroxyl groups is 1. The first-order chi connectivity index (χ1) is 10.0. The summed E-state index contributed by atoms with van der Waals surface area (Å²) in [5, 5.41) is 14.7. The summed E-state index contributed by atoms with van der Waals surface area (Å²) < 4.78 is 1.78. The lowest BCUT2D eigenvalue weighted by molar-refractivity contribution is 0.477. The Kier molecular flexibility index (Phi) is 3.26. The predicted molar refractivity (Wildman–Crippen MR) is 85.2 cm³/mol. The van der Waals surface area contributed by atoms with Gasteiger partial charge in [0.2, 0.25) is 0 Å². The summed E-state index contributed by atoms with van der Waals surface area (Å²) >= 11 is 0. The fraction of sp³-hybridized carbons (Fsp3) is 0.167. The predicted octanol–water partition coefficient (Wildman–Crippen LogP) is 4.08. The Balaban J connectivity index is 2.20. The maximum Gasteiger partial charge on any atom is 0.125 e. The smallest absolute Gasteiger partial charge is 0.125 e. The normalized spacial score (nSPS) is 10.8. The van der Waals surface area contributed by atoms with Crippen molar-refractivity contribution in [2.24, 2.45) is 7.05 Å². The largest absolute Gasteiger partial charge is 0.507 e. The van der Waals surface area contributed by atoms with Crippen molar-refractivity contribution in [1.29, 1.82) is 0 Å². The molecular formula is C18H18N2O. The summed E-state index contributed by atoms with van der Waals surface area (Å²) in [5.41, 5.74) is 6.03. The molecular weight excluding hydrogens is 260 g/mol. The van der Waals surface area contributed by atoms with Crippen molar-refractivity contribution >= 4 is 0 Å². The molecule has 21 heavy (non-hydrogen) atoms. The zero-order chi connectivity index (χ0) is 15.0. The summed E-state index contributed by atoms with van der Waals surface area (Å²) in [6.45, 7) is 4.08. The van der Waals surface area contributed by atoms with Crippen molar-refractivity contribution < 1.29 is 5.11 Å². The van der Waals surface area contributed by atoms with E-state index in [1.54, 1.807) is 10.7 Å². The van der Waals surface area contributed by atoms with E-state index in [-0.39, 0.29) is 5.75 Å². The highest BCUT2D eigenvalue weighted by molar-refractivity contribution is 5.83. The Morgan fingerprint density at radius 1 is 0.905 bits per heavy atom. The van der Waals surface area contributed by atoms with E-state index in [1.807, 2.05) is 32.3 Å². The third-order valence-electron chi connectivity index (χ3n) is 3.60. The van der Waals surface area contributed by atoms with Crippen LogP contribution in [0.5, 0.6) is 5.75 Å². The minimum absolute atomic E-state index is 0.257. The van der Waals surface area contributed by atoms with Crippen LogP contribution in [0.15, 0.2) is 48.7 Å². The van der Waals surface area contributed by atoms with Crippen LogP contribution in [-0.2, 0) is 7.05 Å². The van der Waals surface area contributed by atoms with Crippen LogP contribution in [0.25, 0.3) is 22.4 Å². The minimum atomic E-state index is 0.257. The van der Waals surface area contributed by atoms with Gasteiger partial charge in [0.15, 0.2) is 0 Å². The Morgan fingerprint density at radius 2 is 1.57 bits per heavy atom. The summed E-state index contributed by atoms with van der Waals surface area (Å²) in [7, 11) is 1.90. The highest BCUT2D eigenvalue weighted by Gasteiger charge is 2.15. The lowest BCUT2D eigenvalue weighted by Crippen LogP contribution is -1.89. The fourth-order valence-corrected chi connectivity index (χ4v) is 2.47. The Morgan fingerprint density at radius 3 is 2.29 bits per heavy atom. The van der Waals surface area contributed by atoms with E-state index in [9.17, 15) is 5.11 Å². The van der Waals surface area contributed by atoms with Gasteiger partial charge in [0.1, 0.15) is 11.4 Å². The molecule has 0 saturated heterocycles. The second kappa shape index (κ2) is 5.09. The molecule has 0 fully saturated rings. The number of hydrogen-bond donors (Lipinski definition) is 1. The standard InChI is InChI=1S/C18H18N2O/c1-12-4-7-14(8-5-12)16-11-20(3)19-18(16)15-10-13(2)6-9-17(15)21/h4-11,21H,1-3H3. The molecule has 2 aromatic carbocycles. The van der Waals surface area contributed by atoms with E-state index in [1.165, 1.54) is 5.56 Å². The molecule has 0 bridgehead atoms. The molecule has 1 N–H and O–H groups in total. The molecule has 0 saturated carbocycles. The molecule has 0 aliphatic rings. The SMILES string of the molecule is Cc1ccc(-c2cn(C)nc2-c2cc(C)ccc2O)cc1. The second-order valence-electron chi connectivity index (χ2n) is 5.45. The number of aryl methyl sites for hydroxylation is 3. The van der Waals surface area contributed by atoms with Crippen LogP contribution in [-0.4, -0.2) is 14.9 Å². The number of aromatic nitrogens is 2. The molecule has 0 radical (unpaired) electrons. The Bertz CT molecular complexity index is 785. The molecule has 1 aromatic heterocycles. The fourth-order valence-electron chi connectivity index (χ4n) is 2.47. The Hall–Kier alpha value is -2.55. The molecule has 0 unspecified atom stereocenters. The third kappa shape index (κ3) is 2.55. The average Bonchev–Trinajstić information content (AvgIpc) is 2.84. The van der Waals surface area contributed by atoms with Crippen molar-refractivity contribution in [2.75, 3.05) is 0 Å². The van der Waals surface area contributed by atoms with Crippen LogP contribution in [0.3, 0.4) is 0 Å². The van der Waals surface area contributed by atoms with Crippen LogP contribution in [0.2, 0.25) is 0 Å². The van der Waals surface area contributed by atoms with Gasteiger partial charge in [0, 0.05) is 24.4 Å². The zero-order valence-electron chi connectivity index (χ0n) is 12.5. The topological polar surface area (TPSA) is 38.0 Å². The van der Waals surface area contributed by atoms with Gasteiger partial charge in [0.25, 0.3) is 0 Å². The lowest BCUT2D eigenvalue weighted by Gasteiger charge is -2.06. The van der Waals surface area contributed by atoms with Crippen molar-refractivity contribution in [3.8, 4) is 28.1 Å². The van der Waals surface area contributed by atoms with E-state index >= 15 is 0 Å². The second-order valence-corrected chi connectivity index (χ2v) is 5.45. The van der Waals surface area contributed by atoms with Gasteiger partial charge in [0.05, 0.1) is 0 Å². The molecule has 0 atom stereocenters. The maximum atomic E-state index is 10.2. The van der Waals surface area contributed by atoms with Gasteiger partial charge < -0.3 is 5.11 Å². The Labute approximate surface area is 124 Å². The molecule has 106 valence electrons. The molecule has 3 rings (SSSR count). The van der Waals surface area contributed by atoms with Crippen molar-refractivity contribution in [3.63, 3.8) is 0 Å². The van der Waals surface area contributed by atoms with Crippen LogP contribution >= 0.6 is 0 Å². The number of benzene rings is 2. The van der Waals surface area contributed by atoms with E-state index in [0.717, 1.165) is 27.9 Å². The first-order valence-corrected chi connectivity index (χ1v) is 6.95. The summed E-state index contributed by atoms with van der Waals surface area (Å²) in [6, 6.07) is 13.9. The number of hydrogen-bond acceptors (Lipinski definition) is 2. The van der Waals surface area contributed by atoms with Crippen LogP contribution in [0.4, 0.5) is 0 Å². The van der Waals surface area contributed by atoms with Crippen molar-refractivity contribution in [2.45, 2.75) is 13.8 Å². The highest BCUT2D eigenvalue weighted by Crippen LogP contribution is 2.36. The number of nitrogens with zero attached hydrogens (tertiary/aromatic N) is 2. The molecule has 1 heterocycles. The first-order valence-electron chi connectivity index (χ1n) is 6.95. The van der Waals surface area contributed by atoms with Crippen LogP contribution < -0.4 is 0 Å². The lowest BCUT2D eigenvalue weighted by atomic mass is 9.99. The van der Waals surface area contributed by atoms with Gasteiger partial charge in [-0.05, 0) is 31.5 Å². The molecule has 0 aliphatic carbocycles. The molecule has 3 heteroatoms. The maximum absolute atomic E-state index is 10.2.